The molecule has 8 nitrogen and oxygen atoms in total. The molecule has 0 fully saturated rings. The zero-order chi connectivity index (χ0) is 20.0. The molecule has 0 saturated heterocycles. The summed E-state index contributed by atoms with van der Waals surface area (Å²) in [5.41, 5.74) is 0.392. The molecule has 0 aliphatic heterocycles. The molecule has 0 aliphatic rings. The Balaban J connectivity index is 2.12. The summed E-state index contributed by atoms with van der Waals surface area (Å²) in [4.78, 5) is 24.1. The summed E-state index contributed by atoms with van der Waals surface area (Å²) >= 11 is 0. The summed E-state index contributed by atoms with van der Waals surface area (Å²) in [5, 5.41) is 2.53. The number of rotatable bonds is 7. The van der Waals surface area contributed by atoms with E-state index in [9.17, 15) is 18.0 Å². The van der Waals surface area contributed by atoms with Gasteiger partial charge in [0.2, 0.25) is 15.9 Å². The number of para-hydroxylation sites is 1. The molecule has 0 radical (unpaired) electrons. The van der Waals surface area contributed by atoms with E-state index >= 15 is 0 Å². The number of ether oxygens (including phenoxy) is 2. The molecule has 0 spiro atoms. The molecule has 144 valence electrons. The lowest BCUT2D eigenvalue weighted by molar-refractivity contribution is -0.117. The highest BCUT2D eigenvalue weighted by Crippen LogP contribution is 2.18. The zero-order valence-corrected chi connectivity index (χ0v) is 15.9. The molecule has 0 unspecified atom stereocenters. The molecule has 0 saturated carbocycles. The Bertz CT molecular complexity index is 925. The number of nitrogens with one attached hydrogen (secondary N) is 2. The SMILES string of the molecule is COC(=O)c1ccccc1NC(=O)[C@@H](C)NS(=O)(=O)c1ccc(OC)cc1. The maximum atomic E-state index is 12.4. The van der Waals surface area contributed by atoms with E-state index in [0.29, 0.717) is 5.75 Å². The molecular formula is C18H20N2O6S. The minimum Gasteiger partial charge on any atom is -0.497 e. The topological polar surface area (TPSA) is 111 Å². The van der Waals surface area contributed by atoms with E-state index < -0.39 is 27.9 Å². The Morgan fingerprint density at radius 1 is 1.00 bits per heavy atom. The summed E-state index contributed by atoms with van der Waals surface area (Å²) in [6, 6.07) is 10.9. The van der Waals surface area contributed by atoms with E-state index in [-0.39, 0.29) is 16.1 Å². The van der Waals surface area contributed by atoms with Gasteiger partial charge in [-0.15, -0.1) is 0 Å². The molecule has 2 N–H and O–H groups in total. The standard InChI is InChI=1S/C18H20N2O6S/c1-12(20-27(23,24)14-10-8-13(25-2)9-11-14)17(21)19-16-7-5-4-6-15(16)18(22)26-3/h4-12,20H,1-3H3,(H,19,21)/t12-/m1/s1. The molecule has 0 aliphatic carbocycles. The Morgan fingerprint density at radius 3 is 2.22 bits per heavy atom. The van der Waals surface area contributed by atoms with Crippen molar-refractivity contribution in [3.05, 3.63) is 54.1 Å². The van der Waals surface area contributed by atoms with Gasteiger partial charge in [-0.05, 0) is 43.3 Å². The van der Waals surface area contributed by atoms with Crippen LogP contribution in [0.3, 0.4) is 0 Å². The van der Waals surface area contributed by atoms with Gasteiger partial charge in [-0.2, -0.15) is 4.72 Å². The van der Waals surface area contributed by atoms with Crippen molar-refractivity contribution in [1.29, 1.82) is 0 Å². The maximum absolute atomic E-state index is 12.4. The third kappa shape index (κ3) is 5.05. The van der Waals surface area contributed by atoms with Crippen molar-refractivity contribution in [1.82, 2.24) is 4.72 Å². The van der Waals surface area contributed by atoms with Crippen LogP contribution in [0.15, 0.2) is 53.4 Å². The summed E-state index contributed by atoms with van der Waals surface area (Å²) in [6.07, 6.45) is 0. The van der Waals surface area contributed by atoms with Gasteiger partial charge in [-0.3, -0.25) is 4.79 Å². The van der Waals surface area contributed by atoms with Crippen molar-refractivity contribution in [2.45, 2.75) is 17.9 Å². The van der Waals surface area contributed by atoms with E-state index in [1.54, 1.807) is 12.1 Å². The third-order valence-corrected chi connectivity index (χ3v) is 5.24. The van der Waals surface area contributed by atoms with Crippen LogP contribution >= 0.6 is 0 Å². The molecule has 9 heteroatoms. The summed E-state index contributed by atoms with van der Waals surface area (Å²) in [5.74, 6) is -0.722. The van der Waals surface area contributed by atoms with E-state index in [0.717, 1.165) is 0 Å². The first-order chi connectivity index (χ1) is 12.8. The Kier molecular flexibility index (Phi) is 6.54. The lowest BCUT2D eigenvalue weighted by atomic mass is 10.1. The van der Waals surface area contributed by atoms with E-state index in [2.05, 4.69) is 14.8 Å². The summed E-state index contributed by atoms with van der Waals surface area (Å²) in [6.45, 7) is 1.40. The fourth-order valence-electron chi connectivity index (χ4n) is 2.23. The highest BCUT2D eigenvalue weighted by Gasteiger charge is 2.23. The van der Waals surface area contributed by atoms with Crippen LogP contribution in [0, 0.1) is 0 Å². The van der Waals surface area contributed by atoms with Gasteiger partial charge >= 0.3 is 5.97 Å². The first-order valence-electron chi connectivity index (χ1n) is 7.93. The van der Waals surface area contributed by atoms with Crippen molar-refractivity contribution in [2.75, 3.05) is 19.5 Å². The van der Waals surface area contributed by atoms with Gasteiger partial charge in [0.25, 0.3) is 0 Å². The van der Waals surface area contributed by atoms with Crippen LogP contribution in [-0.2, 0) is 19.6 Å². The minimum absolute atomic E-state index is 0.00193. The number of esters is 1. The van der Waals surface area contributed by atoms with Crippen molar-refractivity contribution in [3.63, 3.8) is 0 Å². The zero-order valence-electron chi connectivity index (χ0n) is 15.1. The smallest absolute Gasteiger partial charge is 0.339 e. The molecule has 2 rings (SSSR count). The second-order valence-corrected chi connectivity index (χ2v) is 7.26. The predicted molar refractivity (Wildman–Crippen MR) is 99.2 cm³/mol. The van der Waals surface area contributed by atoms with E-state index in [4.69, 9.17) is 4.74 Å². The predicted octanol–water partition coefficient (Wildman–Crippen LogP) is 1.79. The Morgan fingerprint density at radius 2 is 1.63 bits per heavy atom. The lowest BCUT2D eigenvalue weighted by Crippen LogP contribution is -2.41. The van der Waals surface area contributed by atoms with Gasteiger partial charge in [-0.1, -0.05) is 12.1 Å². The summed E-state index contributed by atoms with van der Waals surface area (Å²) in [7, 11) is -1.21. The minimum atomic E-state index is -3.91. The fourth-order valence-corrected chi connectivity index (χ4v) is 3.43. The number of sulfonamides is 1. The number of carbonyl (C=O) groups excluding carboxylic acids is 2. The molecule has 0 bridgehead atoms. The van der Waals surface area contributed by atoms with Gasteiger partial charge in [0, 0.05) is 0 Å². The number of carbonyl (C=O) groups is 2. The molecular weight excluding hydrogens is 372 g/mol. The van der Waals surface area contributed by atoms with Gasteiger partial charge in [0.05, 0.1) is 36.4 Å². The first-order valence-corrected chi connectivity index (χ1v) is 9.41. The molecule has 1 atom stereocenters. The van der Waals surface area contributed by atoms with Gasteiger partial charge in [0.15, 0.2) is 0 Å². The van der Waals surface area contributed by atoms with E-state index in [1.165, 1.54) is 57.5 Å². The van der Waals surface area contributed by atoms with Crippen LogP contribution in [-0.4, -0.2) is 40.6 Å². The van der Waals surface area contributed by atoms with Crippen molar-refractivity contribution >= 4 is 27.6 Å². The van der Waals surface area contributed by atoms with Crippen LogP contribution in [0.5, 0.6) is 5.75 Å². The van der Waals surface area contributed by atoms with Crippen molar-refractivity contribution < 1.29 is 27.5 Å². The summed E-state index contributed by atoms with van der Waals surface area (Å²) < 4.78 is 36.8. The van der Waals surface area contributed by atoms with E-state index in [1.807, 2.05) is 0 Å². The molecule has 0 aromatic heterocycles. The average molecular weight is 392 g/mol. The lowest BCUT2D eigenvalue weighted by Gasteiger charge is -2.16. The average Bonchev–Trinajstić information content (AvgIpc) is 2.67. The van der Waals surface area contributed by atoms with Crippen LogP contribution in [0.1, 0.15) is 17.3 Å². The van der Waals surface area contributed by atoms with Crippen molar-refractivity contribution in [2.24, 2.45) is 0 Å². The largest absolute Gasteiger partial charge is 0.497 e. The van der Waals surface area contributed by atoms with Crippen LogP contribution < -0.4 is 14.8 Å². The normalized spacial score (nSPS) is 12.1. The van der Waals surface area contributed by atoms with Gasteiger partial charge in [0.1, 0.15) is 5.75 Å². The molecule has 2 aromatic carbocycles. The van der Waals surface area contributed by atoms with Crippen LogP contribution in [0.4, 0.5) is 5.69 Å². The second-order valence-electron chi connectivity index (χ2n) is 5.54. The Hall–Kier alpha value is -2.91. The number of methoxy groups -OCH3 is 2. The quantitative estimate of drug-likeness (QED) is 0.695. The molecule has 1 amide bonds. The third-order valence-electron chi connectivity index (χ3n) is 3.69. The molecule has 2 aromatic rings. The van der Waals surface area contributed by atoms with Crippen LogP contribution in [0.2, 0.25) is 0 Å². The number of anilines is 1. The highest BCUT2D eigenvalue weighted by atomic mass is 32.2. The highest BCUT2D eigenvalue weighted by molar-refractivity contribution is 7.89. The molecule has 0 heterocycles. The van der Waals surface area contributed by atoms with Crippen molar-refractivity contribution in [3.8, 4) is 5.75 Å². The number of benzene rings is 2. The number of hydrogen-bond donors (Lipinski definition) is 2. The van der Waals surface area contributed by atoms with Gasteiger partial charge in [-0.25, -0.2) is 13.2 Å². The fraction of sp³-hybridized carbons (Fsp3) is 0.222. The monoisotopic (exact) mass is 392 g/mol. The Labute approximate surface area is 157 Å². The second kappa shape index (κ2) is 8.65. The van der Waals surface area contributed by atoms with Crippen LogP contribution in [0.25, 0.3) is 0 Å². The maximum Gasteiger partial charge on any atom is 0.339 e. The first kappa shape index (κ1) is 20.4. The molecule has 27 heavy (non-hydrogen) atoms. The number of amides is 1. The number of hydrogen-bond acceptors (Lipinski definition) is 6. The van der Waals surface area contributed by atoms with Gasteiger partial charge < -0.3 is 14.8 Å².